The summed E-state index contributed by atoms with van der Waals surface area (Å²) in [5.74, 6) is 0.191. The number of aliphatic hydroxyl groups excluding tert-OH is 2. The Labute approximate surface area is 168 Å². The molecule has 3 rings (SSSR count). The van der Waals surface area contributed by atoms with Crippen LogP contribution in [0.2, 0.25) is 0 Å². The third-order valence-corrected chi connectivity index (χ3v) is 5.18. The smallest absolute Gasteiger partial charge is 0.349 e. The minimum absolute atomic E-state index is 0.0868. The van der Waals surface area contributed by atoms with E-state index in [1.807, 2.05) is 19.1 Å². The molecule has 0 saturated carbocycles. The van der Waals surface area contributed by atoms with Gasteiger partial charge in [0.25, 0.3) is 5.56 Å². The molecule has 1 atom stereocenters. The summed E-state index contributed by atoms with van der Waals surface area (Å²) >= 11 is 0. The zero-order valence-corrected chi connectivity index (χ0v) is 17.0. The van der Waals surface area contributed by atoms with Gasteiger partial charge in [-0.2, -0.15) is 4.98 Å². The molecule has 0 saturated heterocycles. The van der Waals surface area contributed by atoms with Gasteiger partial charge in [-0.25, -0.2) is 9.78 Å². The van der Waals surface area contributed by atoms with E-state index in [4.69, 9.17) is 5.11 Å². The molecule has 1 aromatic carbocycles. The zero-order valence-electron chi connectivity index (χ0n) is 17.0. The predicted molar refractivity (Wildman–Crippen MR) is 112 cm³/mol. The van der Waals surface area contributed by atoms with Gasteiger partial charge >= 0.3 is 5.69 Å². The van der Waals surface area contributed by atoms with Crippen molar-refractivity contribution in [2.24, 2.45) is 0 Å². The van der Waals surface area contributed by atoms with Gasteiger partial charge in [-0.3, -0.25) is 9.78 Å². The lowest BCUT2D eigenvalue weighted by atomic mass is 10.1. The van der Waals surface area contributed by atoms with E-state index in [0.717, 1.165) is 29.9 Å². The van der Waals surface area contributed by atoms with Crippen LogP contribution in [0.25, 0.3) is 22.6 Å². The van der Waals surface area contributed by atoms with Crippen molar-refractivity contribution in [2.45, 2.75) is 46.3 Å². The Morgan fingerprint density at radius 1 is 1.17 bits per heavy atom. The summed E-state index contributed by atoms with van der Waals surface area (Å²) in [6, 6.07) is 3.92. The number of fused-ring (bicyclic) bond motifs is 2. The monoisotopic (exact) mass is 401 g/mol. The minimum Gasteiger partial charge on any atom is -0.396 e. The predicted octanol–water partition coefficient (Wildman–Crippen LogP) is 0.873. The highest BCUT2D eigenvalue weighted by atomic mass is 16.3. The van der Waals surface area contributed by atoms with E-state index < -0.39 is 17.4 Å². The van der Waals surface area contributed by atoms with Crippen LogP contribution in [0.5, 0.6) is 0 Å². The standard InChI is InChI=1S/C20H27N5O4/c1-4-24(5-2)15-11-16-14(10-12(15)3)21-17-18(22-20(29)23-19(17)28)25(16)8-6-13(27)7-9-26/h10-11,13,26-27H,4-9H2,1-3H3,(H,23,28,29). The molecule has 2 aliphatic rings. The second-order valence-corrected chi connectivity index (χ2v) is 7.06. The summed E-state index contributed by atoms with van der Waals surface area (Å²) in [7, 11) is 0. The molecule has 0 bridgehead atoms. The molecule has 0 radical (unpaired) electrons. The Morgan fingerprint density at radius 3 is 2.55 bits per heavy atom. The normalized spacial score (nSPS) is 12.6. The second kappa shape index (κ2) is 8.71. The van der Waals surface area contributed by atoms with E-state index in [1.165, 1.54) is 0 Å². The average Bonchev–Trinajstić information content (AvgIpc) is 2.67. The van der Waals surface area contributed by atoms with E-state index in [9.17, 15) is 14.7 Å². The Hall–Kier alpha value is -2.78. The molecular weight excluding hydrogens is 374 g/mol. The lowest BCUT2D eigenvalue weighted by molar-refractivity contribution is 0.121. The highest BCUT2D eigenvalue weighted by Gasteiger charge is 2.21. The molecule has 1 unspecified atom stereocenters. The number of anilines is 1. The molecule has 9 heteroatoms. The molecule has 156 valence electrons. The number of aromatic nitrogens is 4. The van der Waals surface area contributed by atoms with Crippen LogP contribution in [0.15, 0.2) is 21.7 Å². The fraction of sp³-hybridized carbons (Fsp3) is 0.500. The average molecular weight is 401 g/mol. The van der Waals surface area contributed by atoms with E-state index in [2.05, 4.69) is 33.7 Å². The van der Waals surface area contributed by atoms with Crippen LogP contribution in [-0.2, 0) is 6.54 Å². The molecule has 0 spiro atoms. The highest BCUT2D eigenvalue weighted by molar-refractivity contribution is 5.84. The van der Waals surface area contributed by atoms with Crippen molar-refractivity contribution in [3.63, 3.8) is 0 Å². The number of H-pyrrole nitrogens is 1. The fourth-order valence-electron chi connectivity index (χ4n) is 3.64. The number of nitrogens with zero attached hydrogens (tertiary/aromatic N) is 4. The number of rotatable bonds is 8. The molecule has 29 heavy (non-hydrogen) atoms. The number of nitrogens with one attached hydrogen (secondary N) is 1. The van der Waals surface area contributed by atoms with Crippen molar-refractivity contribution < 1.29 is 10.2 Å². The molecule has 2 aliphatic heterocycles. The molecule has 9 nitrogen and oxygen atoms in total. The van der Waals surface area contributed by atoms with E-state index in [-0.39, 0.29) is 24.5 Å². The fourth-order valence-corrected chi connectivity index (χ4v) is 3.64. The van der Waals surface area contributed by atoms with Crippen LogP contribution in [0.3, 0.4) is 0 Å². The quantitative estimate of drug-likeness (QED) is 0.479. The van der Waals surface area contributed by atoms with Gasteiger partial charge in [0.1, 0.15) is 0 Å². The van der Waals surface area contributed by atoms with Gasteiger partial charge in [-0.1, -0.05) is 0 Å². The van der Waals surface area contributed by atoms with Crippen molar-refractivity contribution in [3.05, 3.63) is 38.5 Å². The van der Waals surface area contributed by atoms with Gasteiger partial charge in [-0.15, -0.1) is 0 Å². The molecule has 3 N–H and O–H groups in total. The maximum absolute atomic E-state index is 12.3. The number of benzene rings is 1. The summed E-state index contributed by atoms with van der Waals surface area (Å²) in [6.45, 7) is 8.04. The Balaban J connectivity index is 2.28. The molecule has 0 aromatic heterocycles. The van der Waals surface area contributed by atoms with Gasteiger partial charge in [-0.05, 0) is 51.3 Å². The molecule has 1 aromatic rings. The van der Waals surface area contributed by atoms with Gasteiger partial charge < -0.3 is 19.7 Å². The first-order chi connectivity index (χ1) is 13.9. The van der Waals surface area contributed by atoms with Crippen molar-refractivity contribution in [1.29, 1.82) is 0 Å². The summed E-state index contributed by atoms with van der Waals surface area (Å²) < 4.78 is 1.77. The first-order valence-electron chi connectivity index (χ1n) is 9.88. The van der Waals surface area contributed by atoms with Gasteiger partial charge in [0, 0.05) is 31.9 Å². The van der Waals surface area contributed by atoms with Crippen molar-refractivity contribution >= 4 is 16.7 Å². The van der Waals surface area contributed by atoms with E-state index in [1.54, 1.807) is 4.57 Å². The van der Waals surface area contributed by atoms with Crippen molar-refractivity contribution in [2.75, 3.05) is 24.6 Å². The van der Waals surface area contributed by atoms with Crippen LogP contribution < -0.4 is 16.1 Å². The van der Waals surface area contributed by atoms with E-state index >= 15 is 0 Å². The Bertz CT molecular complexity index is 1090. The van der Waals surface area contributed by atoms with Crippen LogP contribution in [0.4, 0.5) is 5.69 Å². The highest BCUT2D eigenvalue weighted by Crippen LogP contribution is 2.29. The van der Waals surface area contributed by atoms with Crippen LogP contribution >= 0.6 is 0 Å². The minimum atomic E-state index is -0.732. The van der Waals surface area contributed by atoms with Gasteiger partial charge in [0.2, 0.25) is 0 Å². The summed E-state index contributed by atoms with van der Waals surface area (Å²) in [5, 5.41) is 19.1. The van der Waals surface area contributed by atoms with Gasteiger partial charge in [0.05, 0.1) is 17.1 Å². The molecule has 0 aliphatic carbocycles. The Morgan fingerprint density at radius 2 is 1.90 bits per heavy atom. The van der Waals surface area contributed by atoms with Crippen LogP contribution in [0, 0.1) is 6.92 Å². The number of aliphatic hydroxyl groups is 2. The summed E-state index contributed by atoms with van der Waals surface area (Å²) in [5.41, 5.74) is 2.20. The maximum Gasteiger partial charge on any atom is 0.349 e. The number of hydrogen-bond donors (Lipinski definition) is 3. The summed E-state index contributed by atoms with van der Waals surface area (Å²) in [4.78, 5) is 37.0. The van der Waals surface area contributed by atoms with Gasteiger partial charge in [0.15, 0.2) is 11.5 Å². The third kappa shape index (κ3) is 4.15. The zero-order chi connectivity index (χ0) is 21.1. The lowest BCUT2D eigenvalue weighted by Gasteiger charge is -2.25. The number of aryl methyl sites for hydroxylation is 2. The van der Waals surface area contributed by atoms with E-state index in [0.29, 0.717) is 18.5 Å². The van der Waals surface area contributed by atoms with Crippen LogP contribution in [0.1, 0.15) is 32.3 Å². The first kappa shape index (κ1) is 20.9. The third-order valence-electron chi connectivity index (χ3n) is 5.18. The largest absolute Gasteiger partial charge is 0.396 e. The lowest BCUT2D eigenvalue weighted by Crippen LogP contribution is -2.29. The molecule has 0 amide bonds. The summed E-state index contributed by atoms with van der Waals surface area (Å²) in [6.07, 6.45) is -0.102. The SMILES string of the molecule is CCN(CC)c1cc2c(cc1C)nc1c(=O)[nH]c(=O)nc-1n2CCC(O)CCO. The number of aromatic amines is 1. The second-order valence-electron chi connectivity index (χ2n) is 7.06. The Kier molecular flexibility index (Phi) is 6.29. The van der Waals surface area contributed by atoms with Crippen LogP contribution in [-0.4, -0.2) is 55.5 Å². The molecule has 0 fully saturated rings. The number of hydrogen-bond acceptors (Lipinski definition) is 7. The van der Waals surface area contributed by atoms with Crippen molar-refractivity contribution in [3.8, 4) is 11.5 Å². The topological polar surface area (TPSA) is 124 Å². The first-order valence-corrected chi connectivity index (χ1v) is 9.88. The maximum atomic E-state index is 12.3. The molecule has 2 heterocycles. The van der Waals surface area contributed by atoms with Crippen molar-refractivity contribution in [1.82, 2.24) is 19.5 Å². The molecular formula is C20H27N5O4.